The van der Waals surface area contributed by atoms with E-state index in [1.54, 1.807) is 13.8 Å². The lowest BCUT2D eigenvalue weighted by atomic mass is 10.0. The van der Waals surface area contributed by atoms with E-state index in [-0.39, 0.29) is 50.2 Å². The molecular formula is C36H61N3O12. The summed E-state index contributed by atoms with van der Waals surface area (Å²) in [6.07, 6.45) is 13.2. The van der Waals surface area contributed by atoms with Gasteiger partial charge in [0.1, 0.15) is 23.9 Å². The summed E-state index contributed by atoms with van der Waals surface area (Å²) in [7, 11) is 0. The Morgan fingerprint density at radius 1 is 0.392 bits per heavy atom. The molecule has 0 saturated carbocycles. The number of aliphatic carboxylic acids is 4. The van der Waals surface area contributed by atoms with E-state index in [0.29, 0.717) is 6.42 Å². The molecule has 0 aliphatic rings. The molecule has 0 aromatic heterocycles. The predicted octanol–water partition coefficient (Wildman–Crippen LogP) is 4.59. The van der Waals surface area contributed by atoms with E-state index < -0.39 is 72.6 Å². The molecule has 0 aliphatic heterocycles. The first-order chi connectivity index (χ1) is 24.1. The van der Waals surface area contributed by atoms with Crippen molar-refractivity contribution in [1.29, 1.82) is 0 Å². The summed E-state index contributed by atoms with van der Waals surface area (Å²) in [4.78, 5) is 94.2. The van der Waals surface area contributed by atoms with Crippen molar-refractivity contribution in [3.05, 3.63) is 0 Å². The van der Waals surface area contributed by atoms with E-state index >= 15 is 0 Å². The van der Waals surface area contributed by atoms with Crippen LogP contribution in [0.25, 0.3) is 0 Å². The van der Waals surface area contributed by atoms with Crippen LogP contribution in [-0.4, -0.2) is 85.9 Å². The summed E-state index contributed by atoms with van der Waals surface area (Å²) in [6, 6.07) is -4.17. The van der Waals surface area contributed by atoms with Crippen molar-refractivity contribution >= 4 is 47.4 Å². The molecule has 0 rings (SSSR count). The molecule has 0 spiro atoms. The summed E-state index contributed by atoms with van der Waals surface area (Å²) < 4.78 is 0. The zero-order valence-corrected chi connectivity index (χ0v) is 30.4. The third-order valence-corrected chi connectivity index (χ3v) is 8.59. The number of ketones is 1. The number of carbonyl (C=O) groups is 8. The Labute approximate surface area is 301 Å². The first kappa shape index (κ1) is 47.0. The molecule has 0 heterocycles. The van der Waals surface area contributed by atoms with Crippen molar-refractivity contribution in [1.82, 2.24) is 16.0 Å². The lowest BCUT2D eigenvalue weighted by Gasteiger charge is -2.18. The van der Waals surface area contributed by atoms with Crippen molar-refractivity contribution in [3.8, 4) is 0 Å². The lowest BCUT2D eigenvalue weighted by Crippen LogP contribution is -2.45. The standard InChI is InChI=1S/C36H61N3O12/c1-25(2)29(40)22-19-26(34(46)47)38-31(42)24-21-28(36(50)51)39-32(43)23-20-27(35(48)49)37-30(41)17-15-13-11-9-7-5-3-4-6-8-10-12-14-16-18-33(44)45/h25-28H,3-24H2,1-2H3,(H,37,41)(H,38,42)(H,39,43)(H,44,45)(H,46,47)(H,48,49)(H,50,51)/t26?,27?,28-/m0/s1. The van der Waals surface area contributed by atoms with Gasteiger partial charge < -0.3 is 36.4 Å². The highest BCUT2D eigenvalue weighted by Crippen LogP contribution is 2.14. The van der Waals surface area contributed by atoms with Gasteiger partial charge in [-0.2, -0.15) is 0 Å². The number of carboxylic acid groups (broad SMARTS) is 4. The van der Waals surface area contributed by atoms with Gasteiger partial charge >= 0.3 is 23.9 Å². The molecule has 0 saturated heterocycles. The fourth-order valence-electron chi connectivity index (χ4n) is 5.38. The maximum Gasteiger partial charge on any atom is 0.326 e. The molecular weight excluding hydrogens is 666 g/mol. The molecule has 15 nitrogen and oxygen atoms in total. The van der Waals surface area contributed by atoms with Gasteiger partial charge in [0.05, 0.1) is 0 Å². The van der Waals surface area contributed by atoms with Crippen LogP contribution in [-0.2, 0) is 38.4 Å². The minimum atomic E-state index is -1.49. The number of hydrogen-bond donors (Lipinski definition) is 7. The number of carbonyl (C=O) groups excluding carboxylic acids is 4. The number of carboxylic acids is 4. The number of hydrogen-bond acceptors (Lipinski definition) is 8. The summed E-state index contributed by atoms with van der Waals surface area (Å²) in [6.45, 7) is 3.34. The Bertz CT molecular complexity index is 1110. The molecule has 0 fully saturated rings. The highest BCUT2D eigenvalue weighted by molar-refractivity contribution is 5.87. The molecule has 0 radical (unpaired) electrons. The normalized spacial score (nSPS) is 12.8. The van der Waals surface area contributed by atoms with Crippen LogP contribution >= 0.6 is 0 Å². The SMILES string of the molecule is CC(C)C(=O)CCC(NC(=O)CC[C@H](NC(=O)CCC(NC(=O)CCCCCCCCCCCCCCCCC(=O)O)C(=O)O)C(=O)O)C(=O)O. The van der Waals surface area contributed by atoms with Crippen LogP contribution in [0.4, 0.5) is 0 Å². The average Bonchev–Trinajstić information content (AvgIpc) is 3.05. The number of Topliss-reactive ketones (excluding diaryl/α,β-unsaturated/α-hetero) is 1. The maximum absolute atomic E-state index is 12.4. The zero-order valence-electron chi connectivity index (χ0n) is 30.4. The van der Waals surface area contributed by atoms with Crippen molar-refractivity contribution in [2.24, 2.45) is 5.92 Å². The second-order valence-corrected chi connectivity index (χ2v) is 13.5. The van der Waals surface area contributed by atoms with Crippen molar-refractivity contribution in [2.45, 2.75) is 173 Å². The lowest BCUT2D eigenvalue weighted by molar-refractivity contribution is -0.144. The number of amides is 3. The highest BCUT2D eigenvalue weighted by atomic mass is 16.4. The Morgan fingerprint density at radius 3 is 0.961 bits per heavy atom. The van der Waals surface area contributed by atoms with Crippen LogP contribution in [0, 0.1) is 5.92 Å². The summed E-state index contributed by atoms with van der Waals surface area (Å²) in [5.74, 6) is -7.30. The van der Waals surface area contributed by atoms with E-state index in [1.165, 1.54) is 25.7 Å². The van der Waals surface area contributed by atoms with E-state index in [2.05, 4.69) is 16.0 Å². The van der Waals surface area contributed by atoms with Crippen LogP contribution < -0.4 is 16.0 Å². The van der Waals surface area contributed by atoms with Crippen LogP contribution in [0.2, 0.25) is 0 Å². The molecule has 3 amide bonds. The Kier molecular flexibility index (Phi) is 26.4. The topological polar surface area (TPSA) is 254 Å². The molecule has 0 aromatic carbocycles. The van der Waals surface area contributed by atoms with E-state index in [4.69, 9.17) is 5.11 Å². The molecule has 0 aromatic rings. The number of rotatable bonds is 33. The molecule has 7 N–H and O–H groups in total. The van der Waals surface area contributed by atoms with E-state index in [0.717, 1.165) is 57.8 Å². The molecule has 51 heavy (non-hydrogen) atoms. The summed E-state index contributed by atoms with van der Waals surface area (Å²) in [5, 5.41) is 43.9. The molecule has 3 atom stereocenters. The van der Waals surface area contributed by atoms with Gasteiger partial charge in [0.2, 0.25) is 17.7 Å². The first-order valence-electron chi connectivity index (χ1n) is 18.4. The third-order valence-electron chi connectivity index (χ3n) is 8.59. The zero-order chi connectivity index (χ0) is 38.6. The van der Waals surface area contributed by atoms with Gasteiger partial charge in [-0.05, 0) is 32.1 Å². The largest absolute Gasteiger partial charge is 0.481 e. The van der Waals surface area contributed by atoms with Gasteiger partial charge in [-0.15, -0.1) is 0 Å². The fourth-order valence-corrected chi connectivity index (χ4v) is 5.38. The fraction of sp³-hybridized carbons (Fsp3) is 0.778. The van der Waals surface area contributed by atoms with Crippen LogP contribution in [0.5, 0.6) is 0 Å². The first-order valence-corrected chi connectivity index (χ1v) is 18.4. The van der Waals surface area contributed by atoms with Crippen molar-refractivity contribution in [2.75, 3.05) is 0 Å². The van der Waals surface area contributed by atoms with Crippen LogP contribution in [0.15, 0.2) is 0 Å². The Balaban J connectivity index is 4.28. The Morgan fingerprint density at radius 2 is 0.667 bits per heavy atom. The quantitative estimate of drug-likeness (QED) is 0.0459. The maximum atomic E-state index is 12.4. The van der Waals surface area contributed by atoms with Crippen LogP contribution in [0.3, 0.4) is 0 Å². The minimum Gasteiger partial charge on any atom is -0.481 e. The van der Waals surface area contributed by atoms with Gasteiger partial charge in [0.25, 0.3) is 0 Å². The molecule has 15 heteroatoms. The Hall–Kier alpha value is -4.04. The third kappa shape index (κ3) is 26.4. The average molecular weight is 728 g/mol. The van der Waals surface area contributed by atoms with Crippen molar-refractivity contribution in [3.63, 3.8) is 0 Å². The van der Waals surface area contributed by atoms with Gasteiger partial charge in [-0.25, -0.2) is 14.4 Å². The van der Waals surface area contributed by atoms with Crippen molar-refractivity contribution < 1.29 is 58.8 Å². The van der Waals surface area contributed by atoms with Gasteiger partial charge in [-0.1, -0.05) is 90.9 Å². The smallest absolute Gasteiger partial charge is 0.326 e. The molecule has 2 unspecified atom stereocenters. The summed E-state index contributed by atoms with van der Waals surface area (Å²) in [5.41, 5.74) is 0. The molecule has 0 bridgehead atoms. The van der Waals surface area contributed by atoms with Gasteiger partial charge in [0, 0.05) is 38.0 Å². The van der Waals surface area contributed by atoms with E-state index in [9.17, 15) is 53.7 Å². The van der Waals surface area contributed by atoms with E-state index in [1.807, 2.05) is 0 Å². The molecule has 292 valence electrons. The van der Waals surface area contributed by atoms with Gasteiger partial charge in [0.15, 0.2) is 0 Å². The predicted molar refractivity (Wildman–Crippen MR) is 188 cm³/mol. The number of nitrogens with one attached hydrogen (secondary N) is 3. The number of unbranched alkanes of at least 4 members (excludes halogenated alkanes) is 13. The highest BCUT2D eigenvalue weighted by Gasteiger charge is 2.26. The summed E-state index contributed by atoms with van der Waals surface area (Å²) >= 11 is 0. The molecule has 0 aliphatic carbocycles. The minimum absolute atomic E-state index is 0.0505. The second-order valence-electron chi connectivity index (χ2n) is 13.5. The van der Waals surface area contributed by atoms with Crippen LogP contribution in [0.1, 0.15) is 155 Å². The monoisotopic (exact) mass is 727 g/mol. The second kappa shape index (κ2) is 28.6. The van der Waals surface area contributed by atoms with Gasteiger partial charge in [-0.3, -0.25) is 24.0 Å².